The van der Waals surface area contributed by atoms with Gasteiger partial charge in [0.05, 0.1) is 5.56 Å². The third-order valence-corrected chi connectivity index (χ3v) is 13.8. The molecule has 1 aliphatic carbocycles. The second-order valence-electron chi connectivity index (χ2n) is 18.3. The lowest BCUT2D eigenvalue weighted by atomic mass is 9.68. The molecule has 3 aliphatic heterocycles. The molecule has 0 unspecified atom stereocenters. The quantitative estimate of drug-likeness (QED) is 0.0898. The van der Waals surface area contributed by atoms with Gasteiger partial charge in [-0.3, -0.25) is 4.79 Å². The van der Waals surface area contributed by atoms with Crippen LogP contribution in [0.15, 0.2) is 154 Å². The molecule has 10 rings (SSSR count). The van der Waals surface area contributed by atoms with Gasteiger partial charge in [-0.25, -0.2) is 9.59 Å². The van der Waals surface area contributed by atoms with Crippen LogP contribution < -0.4 is 10.4 Å². The maximum atomic E-state index is 14.9. The summed E-state index contributed by atoms with van der Waals surface area (Å²) in [6.07, 6.45) is 4.75. The first-order chi connectivity index (χ1) is 30.6. The van der Waals surface area contributed by atoms with Crippen molar-refractivity contribution in [2.75, 3.05) is 0 Å². The molecule has 322 valence electrons. The van der Waals surface area contributed by atoms with Crippen LogP contribution in [0.2, 0.25) is 0 Å². The number of carbonyl (C=O) groups is 2. The van der Waals surface area contributed by atoms with Gasteiger partial charge < -0.3 is 18.6 Å². The number of hydrogen-bond donors (Lipinski definition) is 0. The van der Waals surface area contributed by atoms with Crippen LogP contribution in [0.1, 0.15) is 123 Å². The van der Waals surface area contributed by atoms with Crippen molar-refractivity contribution < 1.29 is 28.2 Å². The zero-order valence-corrected chi connectivity index (χ0v) is 36.5. The molecule has 0 N–H and O–H groups in total. The molecule has 7 nitrogen and oxygen atoms in total. The van der Waals surface area contributed by atoms with E-state index in [0.29, 0.717) is 41.5 Å². The first-order valence-electron chi connectivity index (χ1n) is 22.7. The first-order valence-corrected chi connectivity index (χ1v) is 22.7. The van der Waals surface area contributed by atoms with E-state index >= 15 is 0 Å². The fourth-order valence-electron chi connectivity index (χ4n) is 10.4. The zero-order valence-electron chi connectivity index (χ0n) is 36.5. The van der Waals surface area contributed by atoms with E-state index in [-0.39, 0.29) is 29.8 Å². The maximum Gasteiger partial charge on any atom is 0.336 e. The minimum Gasteiger partial charge on any atom is -0.483 e. The van der Waals surface area contributed by atoms with Crippen LogP contribution in [0.5, 0.6) is 5.75 Å². The summed E-state index contributed by atoms with van der Waals surface area (Å²) in [6.45, 7) is 5.80. The van der Waals surface area contributed by atoms with E-state index in [2.05, 4.69) is 84.9 Å². The van der Waals surface area contributed by atoms with Gasteiger partial charge in [0, 0.05) is 23.4 Å². The second kappa shape index (κ2) is 18.3. The molecule has 0 saturated heterocycles. The molecule has 6 aromatic rings. The molecule has 5 aromatic carbocycles. The van der Waals surface area contributed by atoms with E-state index in [9.17, 15) is 14.4 Å². The highest BCUT2D eigenvalue weighted by Gasteiger charge is 2.53. The van der Waals surface area contributed by atoms with Gasteiger partial charge in [0.25, 0.3) is 0 Å². The summed E-state index contributed by atoms with van der Waals surface area (Å²) in [6, 6.07) is 45.3. The number of allylic oxidation sites excluding steroid dienone is 1. The Kier molecular flexibility index (Phi) is 12.2. The Morgan fingerprint density at radius 1 is 0.714 bits per heavy atom. The number of aryl methyl sites for hydroxylation is 2. The fourth-order valence-corrected chi connectivity index (χ4v) is 10.4. The van der Waals surface area contributed by atoms with Gasteiger partial charge in [-0.15, -0.1) is 0 Å². The van der Waals surface area contributed by atoms with Crippen LogP contribution in [0.4, 0.5) is 0 Å². The molecule has 1 fully saturated rings. The highest BCUT2D eigenvalue weighted by atomic mass is 16.6. The minimum atomic E-state index is -1.11. The molecule has 0 spiro atoms. The summed E-state index contributed by atoms with van der Waals surface area (Å²) in [5.41, 5.74) is 7.83. The van der Waals surface area contributed by atoms with Crippen molar-refractivity contribution in [2.24, 2.45) is 5.92 Å². The Morgan fingerprint density at radius 3 is 2.21 bits per heavy atom. The zero-order chi connectivity index (χ0) is 43.5. The van der Waals surface area contributed by atoms with Crippen molar-refractivity contribution in [2.45, 2.75) is 115 Å². The average molecular weight is 841 g/mol. The molecule has 63 heavy (non-hydrogen) atoms. The van der Waals surface area contributed by atoms with E-state index in [1.54, 1.807) is 6.07 Å². The van der Waals surface area contributed by atoms with Crippen molar-refractivity contribution in [3.05, 3.63) is 194 Å². The Balaban J connectivity index is 1.10. The predicted octanol–water partition coefficient (Wildman–Crippen LogP) is 12.1. The number of fused-ring (bicyclic) bond motifs is 11. The van der Waals surface area contributed by atoms with E-state index < -0.39 is 35.4 Å². The summed E-state index contributed by atoms with van der Waals surface area (Å²) in [5.74, 6) is -0.0346. The number of rotatable bonds is 7. The van der Waals surface area contributed by atoms with Crippen molar-refractivity contribution in [3.63, 3.8) is 0 Å². The Bertz CT molecular complexity index is 2680. The molecule has 7 heteroatoms. The lowest BCUT2D eigenvalue weighted by Gasteiger charge is -2.45. The topological polar surface area (TPSA) is 92.0 Å². The highest BCUT2D eigenvalue weighted by Crippen LogP contribution is 2.50. The molecule has 1 saturated carbocycles. The van der Waals surface area contributed by atoms with Gasteiger partial charge in [-0.1, -0.05) is 115 Å². The number of ether oxygens (including phenoxy) is 3. The van der Waals surface area contributed by atoms with E-state index in [4.69, 9.17) is 18.6 Å². The van der Waals surface area contributed by atoms with Gasteiger partial charge >= 0.3 is 17.6 Å². The van der Waals surface area contributed by atoms with Gasteiger partial charge in [0.15, 0.2) is 12.2 Å². The SMILES string of the molecule is CC(C)=C1CCc2ccc(cc2)[C@H]2CC[C@@H](c3cccc(Cc4ccccc4)c3)C[C@H]2CC(=O)O[C@@H]2c3c(ccc4ccc(=O)oc34)O[C@@](C)(CCCc3ccccc3)[C@H]2OC1=O. The van der Waals surface area contributed by atoms with Gasteiger partial charge in [0.2, 0.25) is 0 Å². The number of esters is 2. The summed E-state index contributed by atoms with van der Waals surface area (Å²) in [4.78, 5) is 42.4. The normalized spacial score (nSPS) is 23.7. The van der Waals surface area contributed by atoms with Crippen molar-refractivity contribution in [1.29, 1.82) is 0 Å². The standard InChI is InChI=1S/C56H56O7/c1-36(2)46-27-21-38-19-22-41(23-20-38)47-28-24-44(43-18-10-16-40(33-43)32-39-14-8-5-9-15-39)34-45(47)35-50(58)61-53-51-48(29-25-42-26-30-49(57)60-52(42)51)63-56(3,54(53)62-55(46)59)31-11-17-37-12-6-4-7-13-37/h4-10,12-16,18-20,22-23,25-26,29-30,33,44-45,47,53-54H,11,17,21,24,27-28,31-32,34-35H2,1-3H3/t44-,45+,47-,53-,54+,56+/m1/s1. The van der Waals surface area contributed by atoms with Crippen LogP contribution in [-0.4, -0.2) is 23.6 Å². The summed E-state index contributed by atoms with van der Waals surface area (Å²) < 4.78 is 26.3. The number of hydrogen-bond acceptors (Lipinski definition) is 7. The van der Waals surface area contributed by atoms with Crippen molar-refractivity contribution >= 4 is 22.9 Å². The molecule has 6 atom stereocenters. The largest absolute Gasteiger partial charge is 0.483 e. The lowest BCUT2D eigenvalue weighted by Crippen LogP contribution is -2.54. The lowest BCUT2D eigenvalue weighted by molar-refractivity contribution is -0.192. The van der Waals surface area contributed by atoms with Crippen LogP contribution in [0, 0.1) is 5.92 Å². The summed E-state index contributed by atoms with van der Waals surface area (Å²) in [5, 5.41) is 0.649. The molecule has 1 aromatic heterocycles. The number of benzene rings is 5. The fraction of sp³-hybridized carbons (Fsp3) is 0.339. The van der Waals surface area contributed by atoms with Crippen molar-refractivity contribution in [1.82, 2.24) is 0 Å². The van der Waals surface area contributed by atoms with Gasteiger partial charge in [0.1, 0.15) is 16.9 Å². The second-order valence-corrected chi connectivity index (χ2v) is 18.3. The number of carbonyl (C=O) groups excluding carboxylic acids is 2. The highest BCUT2D eigenvalue weighted by molar-refractivity contribution is 5.90. The first kappa shape index (κ1) is 42.1. The molecule has 2 bridgehead atoms. The van der Waals surface area contributed by atoms with Gasteiger partial charge in [-0.05, 0) is 148 Å². The van der Waals surface area contributed by atoms with Gasteiger partial charge in [-0.2, -0.15) is 0 Å². The monoisotopic (exact) mass is 840 g/mol. The minimum absolute atomic E-state index is 0.0203. The molecule has 0 radical (unpaired) electrons. The van der Waals surface area contributed by atoms with E-state index in [1.807, 2.05) is 57.2 Å². The van der Waals surface area contributed by atoms with E-state index in [1.165, 1.54) is 33.9 Å². The Morgan fingerprint density at radius 2 is 1.44 bits per heavy atom. The molecular weight excluding hydrogens is 785 g/mol. The van der Waals surface area contributed by atoms with Crippen LogP contribution in [0.3, 0.4) is 0 Å². The Hall–Kier alpha value is -6.21. The molecule has 0 amide bonds. The smallest absolute Gasteiger partial charge is 0.336 e. The van der Waals surface area contributed by atoms with Crippen LogP contribution in [0.25, 0.3) is 11.0 Å². The predicted molar refractivity (Wildman–Crippen MR) is 246 cm³/mol. The van der Waals surface area contributed by atoms with E-state index in [0.717, 1.165) is 49.7 Å². The average Bonchev–Trinajstić information content (AvgIpc) is 3.28. The summed E-state index contributed by atoms with van der Waals surface area (Å²) >= 11 is 0. The molecule has 4 heterocycles. The summed E-state index contributed by atoms with van der Waals surface area (Å²) in [7, 11) is 0. The van der Waals surface area contributed by atoms with Crippen molar-refractivity contribution in [3.8, 4) is 5.75 Å². The molecule has 4 aliphatic rings. The maximum absolute atomic E-state index is 14.9. The third-order valence-electron chi connectivity index (χ3n) is 13.8. The van der Waals surface area contributed by atoms with Crippen LogP contribution in [-0.2, 0) is 38.3 Å². The van der Waals surface area contributed by atoms with Crippen LogP contribution >= 0.6 is 0 Å². The third kappa shape index (κ3) is 9.29. The molecular formula is C56H56O7. The Labute approximate surface area is 370 Å².